The molecular formula is C26H29N3O9. The second-order valence-electron chi connectivity index (χ2n) is 7.65. The first-order valence-electron chi connectivity index (χ1n) is 11.6. The Bertz CT molecular complexity index is 1150. The van der Waals surface area contributed by atoms with E-state index in [0.29, 0.717) is 22.4 Å². The Labute approximate surface area is 219 Å². The van der Waals surface area contributed by atoms with Crippen molar-refractivity contribution in [1.82, 2.24) is 10.7 Å². The molecule has 0 unspecified atom stereocenters. The largest absolute Gasteiger partial charge is 0.482 e. The number of hydrazone groups is 1. The first-order chi connectivity index (χ1) is 18.2. The fraction of sp³-hybridized carbons (Fsp3) is 0.308. The van der Waals surface area contributed by atoms with E-state index in [-0.39, 0.29) is 32.2 Å². The molecule has 0 aliphatic heterocycles. The SMILES string of the molecule is CCOC(=O)COc1ccc(C(=O)[C@H](C)NC(=O)c2ccc(C=NNC(=O)OCCOC(C)=O)cc2)cc1. The van der Waals surface area contributed by atoms with Crippen molar-refractivity contribution < 1.29 is 42.9 Å². The topological polar surface area (TPSA) is 159 Å². The highest BCUT2D eigenvalue weighted by Crippen LogP contribution is 2.14. The zero-order valence-corrected chi connectivity index (χ0v) is 21.2. The molecule has 0 fully saturated rings. The average molecular weight is 528 g/mol. The molecule has 2 N–H and O–H groups in total. The number of hydrogen-bond donors (Lipinski definition) is 2. The van der Waals surface area contributed by atoms with Gasteiger partial charge in [-0.05, 0) is 55.8 Å². The van der Waals surface area contributed by atoms with Crippen LogP contribution >= 0.6 is 0 Å². The molecule has 0 saturated heterocycles. The molecule has 0 aromatic heterocycles. The molecule has 1 atom stereocenters. The molecule has 0 radical (unpaired) electrons. The predicted molar refractivity (Wildman–Crippen MR) is 135 cm³/mol. The lowest BCUT2D eigenvalue weighted by molar-refractivity contribution is -0.145. The molecule has 2 aromatic carbocycles. The number of Topliss-reactive ketones (excluding diaryl/α,β-unsaturated/α-hetero) is 1. The van der Waals surface area contributed by atoms with E-state index in [1.54, 1.807) is 62.4 Å². The minimum absolute atomic E-state index is 0.0556. The van der Waals surface area contributed by atoms with Gasteiger partial charge in [-0.3, -0.25) is 14.4 Å². The van der Waals surface area contributed by atoms with Crippen molar-refractivity contribution in [2.75, 3.05) is 26.4 Å². The van der Waals surface area contributed by atoms with Crippen LogP contribution in [0.1, 0.15) is 47.1 Å². The summed E-state index contributed by atoms with van der Waals surface area (Å²) >= 11 is 0. The zero-order chi connectivity index (χ0) is 27.9. The Morgan fingerprint density at radius 2 is 1.53 bits per heavy atom. The second kappa shape index (κ2) is 15.4. The second-order valence-corrected chi connectivity index (χ2v) is 7.65. The van der Waals surface area contributed by atoms with Crippen LogP contribution < -0.4 is 15.5 Å². The lowest BCUT2D eigenvalue weighted by Crippen LogP contribution is -2.38. The first-order valence-corrected chi connectivity index (χ1v) is 11.6. The van der Waals surface area contributed by atoms with E-state index in [1.807, 2.05) is 0 Å². The number of benzene rings is 2. The van der Waals surface area contributed by atoms with Crippen LogP contribution in [0.4, 0.5) is 4.79 Å². The summed E-state index contributed by atoms with van der Waals surface area (Å²) < 4.78 is 19.5. The van der Waals surface area contributed by atoms with E-state index in [1.165, 1.54) is 13.1 Å². The molecule has 12 nitrogen and oxygen atoms in total. The Balaban J connectivity index is 1.81. The smallest absolute Gasteiger partial charge is 0.427 e. The molecule has 0 heterocycles. The number of ketones is 1. The van der Waals surface area contributed by atoms with E-state index >= 15 is 0 Å². The van der Waals surface area contributed by atoms with E-state index < -0.39 is 30.0 Å². The lowest BCUT2D eigenvalue weighted by atomic mass is 10.0. The summed E-state index contributed by atoms with van der Waals surface area (Å²) in [5.41, 5.74) is 3.44. The number of rotatable bonds is 13. The quantitative estimate of drug-likeness (QED) is 0.0995. The third kappa shape index (κ3) is 10.5. The standard InChI is InChI=1S/C26H29N3O9/c1-4-35-23(31)16-38-22-11-9-20(10-12-22)24(32)17(2)28-25(33)21-7-5-19(6-8-21)15-27-29-26(34)37-14-13-36-18(3)30/h5-12,15,17H,4,13-14,16H2,1-3H3,(H,28,33)(H,29,34)/t17-/m0/s1. The van der Waals surface area contributed by atoms with Crippen LogP contribution in [0.25, 0.3) is 0 Å². The fourth-order valence-electron chi connectivity index (χ4n) is 2.89. The Morgan fingerprint density at radius 3 is 2.16 bits per heavy atom. The van der Waals surface area contributed by atoms with Crippen molar-refractivity contribution in [3.63, 3.8) is 0 Å². The van der Waals surface area contributed by atoms with Gasteiger partial charge in [0.2, 0.25) is 0 Å². The maximum atomic E-state index is 12.7. The zero-order valence-electron chi connectivity index (χ0n) is 21.2. The normalized spacial score (nSPS) is 11.2. The number of amides is 2. The monoisotopic (exact) mass is 527 g/mol. The molecule has 0 spiro atoms. The molecule has 0 aliphatic carbocycles. The summed E-state index contributed by atoms with van der Waals surface area (Å²) in [7, 11) is 0. The lowest BCUT2D eigenvalue weighted by Gasteiger charge is -2.13. The minimum Gasteiger partial charge on any atom is -0.482 e. The molecule has 12 heteroatoms. The van der Waals surface area contributed by atoms with Gasteiger partial charge in [0, 0.05) is 18.1 Å². The van der Waals surface area contributed by atoms with E-state index in [2.05, 4.69) is 20.6 Å². The molecule has 2 amide bonds. The molecule has 0 aliphatic rings. The van der Waals surface area contributed by atoms with Gasteiger partial charge in [-0.2, -0.15) is 5.10 Å². The number of esters is 2. The minimum atomic E-state index is -0.818. The predicted octanol–water partition coefficient (Wildman–Crippen LogP) is 2.25. The van der Waals surface area contributed by atoms with Gasteiger partial charge in [-0.15, -0.1) is 0 Å². The Hall–Kier alpha value is -4.74. The number of nitrogens with zero attached hydrogens (tertiary/aromatic N) is 1. The van der Waals surface area contributed by atoms with Crippen LogP contribution in [0, 0.1) is 0 Å². The fourth-order valence-corrected chi connectivity index (χ4v) is 2.89. The summed E-state index contributed by atoms with van der Waals surface area (Å²) in [5, 5.41) is 6.39. The van der Waals surface area contributed by atoms with Gasteiger partial charge in [-0.25, -0.2) is 15.0 Å². The van der Waals surface area contributed by atoms with Gasteiger partial charge < -0.3 is 24.3 Å². The van der Waals surface area contributed by atoms with Crippen LogP contribution in [0.5, 0.6) is 5.75 Å². The molecular weight excluding hydrogens is 498 g/mol. The first kappa shape index (κ1) is 29.5. The van der Waals surface area contributed by atoms with Gasteiger partial charge >= 0.3 is 18.0 Å². The maximum absolute atomic E-state index is 12.7. The van der Waals surface area contributed by atoms with E-state index in [4.69, 9.17) is 14.2 Å². The van der Waals surface area contributed by atoms with Gasteiger partial charge in [0.05, 0.1) is 18.9 Å². The number of carbonyl (C=O) groups excluding carboxylic acids is 5. The van der Waals surface area contributed by atoms with Gasteiger partial charge in [-0.1, -0.05) is 12.1 Å². The van der Waals surface area contributed by atoms with E-state index in [9.17, 15) is 24.0 Å². The van der Waals surface area contributed by atoms with Gasteiger partial charge in [0.25, 0.3) is 5.91 Å². The molecule has 0 bridgehead atoms. The highest BCUT2D eigenvalue weighted by molar-refractivity contribution is 6.04. The molecule has 202 valence electrons. The third-order valence-electron chi connectivity index (χ3n) is 4.71. The number of carbonyl (C=O) groups is 5. The maximum Gasteiger partial charge on any atom is 0.427 e. The molecule has 0 saturated carbocycles. The Morgan fingerprint density at radius 1 is 0.895 bits per heavy atom. The van der Waals surface area contributed by atoms with Crippen molar-refractivity contribution in [2.24, 2.45) is 5.10 Å². The van der Waals surface area contributed by atoms with Crippen molar-refractivity contribution in [3.8, 4) is 5.75 Å². The molecule has 38 heavy (non-hydrogen) atoms. The summed E-state index contributed by atoms with van der Waals surface area (Å²) in [4.78, 5) is 58.7. The molecule has 2 rings (SSSR count). The van der Waals surface area contributed by atoms with Gasteiger partial charge in [0.1, 0.15) is 19.0 Å². The summed E-state index contributed by atoms with van der Waals surface area (Å²) in [5.74, 6) is -1.31. The molecule has 2 aromatic rings. The van der Waals surface area contributed by atoms with Crippen molar-refractivity contribution in [2.45, 2.75) is 26.8 Å². The van der Waals surface area contributed by atoms with Crippen molar-refractivity contribution >= 4 is 35.9 Å². The van der Waals surface area contributed by atoms with Crippen molar-refractivity contribution in [3.05, 3.63) is 65.2 Å². The summed E-state index contributed by atoms with van der Waals surface area (Å²) in [6.07, 6.45) is 0.531. The Kier molecular flexibility index (Phi) is 11.9. The van der Waals surface area contributed by atoms with Gasteiger partial charge in [0.15, 0.2) is 12.4 Å². The number of hydrogen-bond acceptors (Lipinski definition) is 10. The average Bonchev–Trinajstić information content (AvgIpc) is 2.90. The number of nitrogens with one attached hydrogen (secondary N) is 2. The van der Waals surface area contributed by atoms with Crippen LogP contribution in [-0.4, -0.2) is 68.4 Å². The van der Waals surface area contributed by atoms with Crippen LogP contribution in [0.2, 0.25) is 0 Å². The highest BCUT2D eigenvalue weighted by Gasteiger charge is 2.18. The number of ether oxygens (including phenoxy) is 4. The van der Waals surface area contributed by atoms with Crippen LogP contribution in [0.3, 0.4) is 0 Å². The third-order valence-corrected chi connectivity index (χ3v) is 4.71. The van der Waals surface area contributed by atoms with Crippen LogP contribution in [-0.2, 0) is 23.8 Å². The van der Waals surface area contributed by atoms with E-state index in [0.717, 1.165) is 0 Å². The highest BCUT2D eigenvalue weighted by atomic mass is 16.6. The van der Waals surface area contributed by atoms with Crippen LogP contribution in [0.15, 0.2) is 53.6 Å². The summed E-state index contributed by atoms with van der Waals surface area (Å²) in [6, 6.07) is 11.7. The van der Waals surface area contributed by atoms with Crippen molar-refractivity contribution in [1.29, 1.82) is 0 Å². The summed E-state index contributed by atoms with van der Waals surface area (Å²) in [6.45, 7) is 4.37.